The van der Waals surface area contributed by atoms with Gasteiger partial charge in [-0.25, -0.2) is 17.6 Å². The summed E-state index contributed by atoms with van der Waals surface area (Å²) in [7, 11) is 0. The summed E-state index contributed by atoms with van der Waals surface area (Å²) in [4.78, 5) is 31.3. The number of hydrogen-bond acceptors (Lipinski definition) is 4. The molecule has 2 N–H and O–H groups in total. The number of para-hydroxylation sites is 1. The molecule has 1 atom stereocenters. The Morgan fingerprint density at radius 2 is 1.82 bits per heavy atom. The Morgan fingerprint density at radius 3 is 2.51 bits per heavy atom. The van der Waals surface area contributed by atoms with E-state index >= 15 is 0 Å². The van der Waals surface area contributed by atoms with E-state index in [2.05, 4.69) is 10.3 Å². The molecule has 2 aromatic carbocycles. The van der Waals surface area contributed by atoms with Gasteiger partial charge in [-0.05, 0) is 55.9 Å². The Balaban J connectivity index is 1.28. The quantitative estimate of drug-likeness (QED) is 0.388. The van der Waals surface area contributed by atoms with Gasteiger partial charge >= 0.3 is 0 Å². The van der Waals surface area contributed by atoms with Crippen LogP contribution in [-0.4, -0.2) is 34.5 Å². The zero-order chi connectivity index (χ0) is 27.9. The molecule has 0 bridgehead atoms. The summed E-state index contributed by atoms with van der Waals surface area (Å²) in [5.74, 6) is -3.56. The normalized spacial score (nSPS) is 22.7. The number of carbonyl (C=O) groups is 2. The highest BCUT2D eigenvalue weighted by atomic mass is 35.5. The fourth-order valence-corrected chi connectivity index (χ4v) is 5.59. The number of rotatable bonds is 6. The maximum Gasteiger partial charge on any atom is 0.281 e. The number of anilines is 1. The van der Waals surface area contributed by atoms with Gasteiger partial charge in [0.15, 0.2) is 17.2 Å². The summed E-state index contributed by atoms with van der Waals surface area (Å²) in [5.41, 5.74) is -2.36. The molecule has 1 saturated carbocycles. The standard InChI is InChI=1S/C28H24ClF4N3O3/c29-17-12-19(24(25(32)33)34-13-17)26(37)35-18-8-5-15(6-9-18)14-36-23-4-2-1-3-20(23)28(39,27(36)38)16-7-10-21(30)22(31)11-16/h1-4,7,10-13,15,18,25,39H,5-6,8-9,14H2,(H,35,37). The number of carbonyl (C=O) groups excluding carboxylic acids is 2. The third-order valence-electron chi connectivity index (χ3n) is 7.44. The van der Waals surface area contributed by atoms with Crippen molar-refractivity contribution in [2.45, 2.75) is 43.8 Å². The van der Waals surface area contributed by atoms with E-state index in [1.54, 1.807) is 24.3 Å². The summed E-state index contributed by atoms with van der Waals surface area (Å²) in [6, 6.07) is 10.5. The topological polar surface area (TPSA) is 82.5 Å². The fraction of sp³-hybridized carbons (Fsp3) is 0.321. The minimum absolute atomic E-state index is 0.0203. The van der Waals surface area contributed by atoms with Gasteiger partial charge in [-0.1, -0.05) is 35.9 Å². The number of alkyl halides is 2. The van der Waals surface area contributed by atoms with Gasteiger partial charge < -0.3 is 15.3 Å². The Labute approximate surface area is 226 Å². The maximum absolute atomic E-state index is 14.0. The number of aromatic nitrogens is 1. The molecule has 1 aliphatic heterocycles. The van der Waals surface area contributed by atoms with Crippen LogP contribution in [0.15, 0.2) is 54.7 Å². The van der Waals surface area contributed by atoms with Crippen LogP contribution in [0.5, 0.6) is 0 Å². The number of nitrogens with one attached hydrogen (secondary N) is 1. The Hall–Kier alpha value is -3.50. The van der Waals surface area contributed by atoms with Crippen LogP contribution in [0, 0.1) is 17.6 Å². The lowest BCUT2D eigenvalue weighted by Crippen LogP contribution is -2.44. The molecule has 6 nitrogen and oxygen atoms in total. The minimum atomic E-state index is -2.93. The van der Waals surface area contributed by atoms with Crippen molar-refractivity contribution in [1.29, 1.82) is 0 Å². The smallest absolute Gasteiger partial charge is 0.281 e. The van der Waals surface area contributed by atoms with Crippen LogP contribution in [0.3, 0.4) is 0 Å². The van der Waals surface area contributed by atoms with Gasteiger partial charge in [0, 0.05) is 29.9 Å². The van der Waals surface area contributed by atoms with Crippen LogP contribution in [0.25, 0.3) is 0 Å². The van der Waals surface area contributed by atoms with Crippen LogP contribution in [0.1, 0.15) is 59.3 Å². The van der Waals surface area contributed by atoms with Crippen molar-refractivity contribution in [3.63, 3.8) is 0 Å². The molecule has 11 heteroatoms. The largest absolute Gasteiger partial charge is 0.372 e. The first-order valence-electron chi connectivity index (χ1n) is 12.4. The van der Waals surface area contributed by atoms with Crippen LogP contribution in [0.4, 0.5) is 23.2 Å². The average Bonchev–Trinajstić information content (AvgIpc) is 3.13. The maximum atomic E-state index is 14.0. The number of aliphatic hydroxyl groups is 1. The molecule has 1 aromatic heterocycles. The lowest BCUT2D eigenvalue weighted by Gasteiger charge is -2.32. The number of pyridine rings is 1. The fourth-order valence-electron chi connectivity index (χ4n) is 5.43. The van der Waals surface area contributed by atoms with Crippen LogP contribution < -0.4 is 10.2 Å². The van der Waals surface area contributed by atoms with Crippen LogP contribution >= 0.6 is 11.6 Å². The predicted octanol–water partition coefficient (Wildman–Crippen LogP) is 5.52. The van der Waals surface area contributed by atoms with E-state index in [1.807, 2.05) is 0 Å². The van der Waals surface area contributed by atoms with E-state index in [-0.39, 0.29) is 40.2 Å². The zero-order valence-corrected chi connectivity index (χ0v) is 21.3. The Morgan fingerprint density at radius 1 is 1.10 bits per heavy atom. The molecule has 1 unspecified atom stereocenters. The molecule has 39 heavy (non-hydrogen) atoms. The van der Waals surface area contributed by atoms with Gasteiger partial charge in [0.2, 0.25) is 0 Å². The van der Waals surface area contributed by atoms with Crippen molar-refractivity contribution >= 4 is 29.1 Å². The molecular formula is C28H24ClF4N3O3. The van der Waals surface area contributed by atoms with Gasteiger partial charge in [-0.3, -0.25) is 14.6 Å². The highest BCUT2D eigenvalue weighted by Crippen LogP contribution is 2.45. The van der Waals surface area contributed by atoms with Crippen molar-refractivity contribution in [3.05, 3.63) is 93.8 Å². The summed E-state index contributed by atoms with van der Waals surface area (Å²) in [6.45, 7) is 0.274. The van der Waals surface area contributed by atoms with E-state index in [9.17, 15) is 32.3 Å². The van der Waals surface area contributed by atoms with Gasteiger partial charge in [0.25, 0.3) is 18.2 Å². The van der Waals surface area contributed by atoms with Crippen LogP contribution in [0.2, 0.25) is 5.02 Å². The van der Waals surface area contributed by atoms with Crippen molar-refractivity contribution < 1.29 is 32.3 Å². The lowest BCUT2D eigenvalue weighted by molar-refractivity contribution is -0.132. The van der Waals surface area contributed by atoms with E-state index in [0.29, 0.717) is 31.4 Å². The number of fused-ring (bicyclic) bond motifs is 1. The molecule has 2 amide bonds. The highest BCUT2D eigenvalue weighted by molar-refractivity contribution is 6.30. The molecule has 3 aromatic rings. The van der Waals surface area contributed by atoms with Gasteiger partial charge in [0.1, 0.15) is 5.69 Å². The van der Waals surface area contributed by atoms with Crippen molar-refractivity contribution in [2.75, 3.05) is 11.4 Å². The average molecular weight is 562 g/mol. The van der Waals surface area contributed by atoms with E-state index in [4.69, 9.17) is 11.6 Å². The van der Waals surface area contributed by atoms with Crippen molar-refractivity contribution in [1.82, 2.24) is 10.3 Å². The second-order valence-electron chi connectivity index (χ2n) is 9.85. The van der Waals surface area contributed by atoms with Gasteiger partial charge in [-0.15, -0.1) is 0 Å². The molecule has 0 radical (unpaired) electrons. The molecule has 1 aliphatic carbocycles. The monoisotopic (exact) mass is 561 g/mol. The SMILES string of the molecule is O=C(NC1CCC(CN2C(=O)C(O)(c3ccc(F)c(F)c3)c3ccccc32)CC1)c1cc(Cl)cnc1C(F)F. The highest BCUT2D eigenvalue weighted by Gasteiger charge is 2.51. The van der Waals surface area contributed by atoms with E-state index < -0.39 is 41.2 Å². The lowest BCUT2D eigenvalue weighted by atomic mass is 9.85. The number of nitrogens with zero attached hydrogens (tertiary/aromatic N) is 2. The number of hydrogen-bond donors (Lipinski definition) is 2. The summed E-state index contributed by atoms with van der Waals surface area (Å²) >= 11 is 5.86. The van der Waals surface area contributed by atoms with Gasteiger partial charge in [0.05, 0.1) is 16.3 Å². The summed E-state index contributed by atoms with van der Waals surface area (Å²) in [6.07, 6.45) is 0.476. The third kappa shape index (κ3) is 4.98. The molecule has 0 saturated heterocycles. The predicted molar refractivity (Wildman–Crippen MR) is 136 cm³/mol. The molecule has 204 valence electrons. The molecule has 2 aliphatic rings. The first-order chi connectivity index (χ1) is 18.6. The Kier molecular flexibility index (Phi) is 7.35. The van der Waals surface area contributed by atoms with Crippen molar-refractivity contribution in [3.8, 4) is 0 Å². The number of amides is 2. The Bertz CT molecular complexity index is 1430. The van der Waals surface area contributed by atoms with Crippen LogP contribution in [-0.2, 0) is 10.4 Å². The minimum Gasteiger partial charge on any atom is -0.372 e. The molecule has 5 rings (SSSR count). The molecule has 1 fully saturated rings. The first kappa shape index (κ1) is 27.1. The second-order valence-corrected chi connectivity index (χ2v) is 10.3. The number of benzene rings is 2. The zero-order valence-electron chi connectivity index (χ0n) is 20.5. The summed E-state index contributed by atoms with van der Waals surface area (Å²) < 4.78 is 54.2. The van der Waals surface area contributed by atoms with Gasteiger partial charge in [-0.2, -0.15) is 0 Å². The second kappa shape index (κ2) is 10.6. The molecular weight excluding hydrogens is 538 g/mol. The third-order valence-corrected chi connectivity index (χ3v) is 7.64. The van der Waals surface area contributed by atoms with Crippen molar-refractivity contribution in [2.24, 2.45) is 5.92 Å². The number of halogens is 5. The first-order valence-corrected chi connectivity index (χ1v) is 12.8. The van der Waals surface area contributed by atoms with E-state index in [0.717, 1.165) is 18.3 Å². The molecule has 0 spiro atoms. The summed E-state index contributed by atoms with van der Waals surface area (Å²) in [5, 5.41) is 14.4. The molecule has 2 heterocycles. The van der Waals surface area contributed by atoms with E-state index in [1.165, 1.54) is 17.0 Å².